The highest BCUT2D eigenvalue weighted by Crippen LogP contribution is 2.50. The van der Waals surface area contributed by atoms with Crippen molar-refractivity contribution in [2.45, 2.75) is 64.7 Å². The summed E-state index contributed by atoms with van der Waals surface area (Å²) in [5.74, 6) is -3.93. The Morgan fingerprint density at radius 2 is 1.69 bits per heavy atom. The Labute approximate surface area is 96.6 Å². The zero-order valence-electron chi connectivity index (χ0n) is 10.3. The van der Waals surface area contributed by atoms with Gasteiger partial charge in [0.15, 0.2) is 0 Å². The van der Waals surface area contributed by atoms with E-state index in [0.717, 1.165) is 38.5 Å². The minimum Gasteiger partial charge on any atom is -0.299 e. The molecule has 94 valence electrons. The molecule has 0 spiro atoms. The van der Waals surface area contributed by atoms with E-state index in [1.54, 1.807) is 0 Å². The molecule has 16 heavy (non-hydrogen) atoms. The highest BCUT2D eigenvalue weighted by Gasteiger charge is 2.61. The highest BCUT2D eigenvalue weighted by molar-refractivity contribution is 5.87. The molecule has 0 aromatic rings. The average Bonchev–Trinajstić information content (AvgIpc) is 2.87. The van der Waals surface area contributed by atoms with Crippen molar-refractivity contribution in [3.63, 3.8) is 0 Å². The molecule has 1 saturated carbocycles. The number of unbranched alkanes of at least 4 members (excludes halogenated alkanes) is 2. The van der Waals surface area contributed by atoms with E-state index in [2.05, 4.69) is 13.8 Å². The van der Waals surface area contributed by atoms with Gasteiger partial charge in [0.05, 0.1) is 5.92 Å². The molecule has 0 N–H and O–H groups in total. The van der Waals surface area contributed by atoms with Gasteiger partial charge >= 0.3 is 0 Å². The zero-order valence-corrected chi connectivity index (χ0v) is 10.3. The van der Waals surface area contributed by atoms with Gasteiger partial charge in [0.1, 0.15) is 5.78 Å². The summed E-state index contributed by atoms with van der Waals surface area (Å²) >= 11 is 0. The van der Waals surface area contributed by atoms with E-state index < -0.39 is 11.8 Å². The average molecular weight is 232 g/mol. The van der Waals surface area contributed by atoms with Crippen LogP contribution in [0.1, 0.15) is 58.8 Å². The number of hydrogen-bond donors (Lipinski definition) is 0. The molecular formula is C13H22F2O. The smallest absolute Gasteiger partial charge is 0.258 e. The summed E-state index contributed by atoms with van der Waals surface area (Å²) in [6.45, 7) is 4.13. The fourth-order valence-electron chi connectivity index (χ4n) is 2.14. The van der Waals surface area contributed by atoms with Crippen LogP contribution in [0.25, 0.3) is 0 Å². The molecule has 0 radical (unpaired) electrons. The van der Waals surface area contributed by atoms with Gasteiger partial charge in [-0.05, 0) is 12.8 Å². The lowest BCUT2D eigenvalue weighted by atomic mass is 9.89. The van der Waals surface area contributed by atoms with Gasteiger partial charge in [-0.3, -0.25) is 4.79 Å². The van der Waals surface area contributed by atoms with Crippen LogP contribution in [0.15, 0.2) is 0 Å². The lowest BCUT2D eigenvalue weighted by molar-refractivity contribution is -0.126. The van der Waals surface area contributed by atoms with Crippen LogP contribution in [0.4, 0.5) is 8.78 Å². The number of carbonyl (C=O) groups excluding carboxylic acids is 1. The molecule has 1 rings (SSSR count). The van der Waals surface area contributed by atoms with Crippen LogP contribution in [0, 0.1) is 11.8 Å². The van der Waals surface area contributed by atoms with E-state index in [9.17, 15) is 13.6 Å². The van der Waals surface area contributed by atoms with E-state index in [-0.39, 0.29) is 18.1 Å². The van der Waals surface area contributed by atoms with Crippen molar-refractivity contribution < 1.29 is 13.6 Å². The number of ketones is 1. The third-order valence-corrected chi connectivity index (χ3v) is 3.38. The largest absolute Gasteiger partial charge is 0.299 e. The maximum atomic E-state index is 12.8. The number of Topliss-reactive ketones (excluding diaryl/α,β-unsaturated/α-hetero) is 1. The summed E-state index contributed by atoms with van der Waals surface area (Å²) in [6.07, 6.45) is 5.37. The SMILES string of the molecule is CCCCC(CCCC)C(=O)[C@H]1CC1(F)F. The Bertz CT molecular complexity index is 230. The van der Waals surface area contributed by atoms with E-state index in [0.29, 0.717) is 0 Å². The van der Waals surface area contributed by atoms with E-state index in [1.165, 1.54) is 0 Å². The maximum absolute atomic E-state index is 12.8. The van der Waals surface area contributed by atoms with E-state index in [1.807, 2.05) is 0 Å². The van der Waals surface area contributed by atoms with Gasteiger partial charge in [0.25, 0.3) is 5.92 Å². The van der Waals surface area contributed by atoms with Gasteiger partial charge in [0, 0.05) is 12.3 Å². The van der Waals surface area contributed by atoms with Gasteiger partial charge in [0.2, 0.25) is 0 Å². The molecule has 0 bridgehead atoms. The van der Waals surface area contributed by atoms with Crippen LogP contribution in [0.2, 0.25) is 0 Å². The molecule has 0 saturated heterocycles. The van der Waals surface area contributed by atoms with Gasteiger partial charge in [-0.1, -0.05) is 39.5 Å². The first kappa shape index (κ1) is 13.6. The van der Waals surface area contributed by atoms with Crippen molar-refractivity contribution in [2.24, 2.45) is 11.8 Å². The van der Waals surface area contributed by atoms with Crippen molar-refractivity contribution in [2.75, 3.05) is 0 Å². The van der Waals surface area contributed by atoms with Crippen molar-refractivity contribution >= 4 is 5.78 Å². The van der Waals surface area contributed by atoms with Gasteiger partial charge < -0.3 is 0 Å². The Balaban J connectivity index is 2.44. The molecule has 1 atom stereocenters. The Kier molecular flexibility index (Phi) is 4.88. The lowest BCUT2D eigenvalue weighted by Gasteiger charge is -2.14. The van der Waals surface area contributed by atoms with Crippen LogP contribution in [-0.4, -0.2) is 11.7 Å². The lowest BCUT2D eigenvalue weighted by Crippen LogP contribution is -2.19. The van der Waals surface area contributed by atoms with Crippen molar-refractivity contribution in [1.82, 2.24) is 0 Å². The molecule has 1 fully saturated rings. The molecule has 0 heterocycles. The van der Waals surface area contributed by atoms with Crippen molar-refractivity contribution in [3.05, 3.63) is 0 Å². The molecule has 0 aliphatic heterocycles. The van der Waals surface area contributed by atoms with Gasteiger partial charge in [-0.15, -0.1) is 0 Å². The molecule has 0 aromatic heterocycles. The second-order valence-electron chi connectivity index (χ2n) is 4.90. The molecule has 0 unspecified atom stereocenters. The van der Waals surface area contributed by atoms with Crippen LogP contribution < -0.4 is 0 Å². The second-order valence-corrected chi connectivity index (χ2v) is 4.90. The first-order valence-corrected chi connectivity index (χ1v) is 6.44. The van der Waals surface area contributed by atoms with Crippen LogP contribution in [-0.2, 0) is 4.79 Å². The minimum atomic E-state index is -2.69. The fraction of sp³-hybridized carbons (Fsp3) is 0.923. The summed E-state index contributed by atoms with van der Waals surface area (Å²) in [6, 6.07) is 0. The number of halogens is 2. The standard InChI is InChI=1S/C13H22F2O/c1-3-5-7-10(8-6-4-2)12(16)11-9-13(11,14)15/h10-11H,3-9H2,1-2H3/t11-/m1/s1. The third kappa shape index (κ3) is 3.53. The predicted octanol–water partition coefficient (Wildman–Crippen LogP) is 4.21. The minimum absolute atomic E-state index is 0.113. The topological polar surface area (TPSA) is 17.1 Å². The van der Waals surface area contributed by atoms with Crippen molar-refractivity contribution in [1.29, 1.82) is 0 Å². The fourth-order valence-corrected chi connectivity index (χ4v) is 2.14. The first-order valence-electron chi connectivity index (χ1n) is 6.44. The molecule has 1 aliphatic rings. The summed E-state index contributed by atoms with van der Waals surface area (Å²) in [5, 5.41) is 0. The highest BCUT2D eigenvalue weighted by atomic mass is 19.3. The molecular weight excluding hydrogens is 210 g/mol. The maximum Gasteiger partial charge on any atom is 0.258 e. The number of alkyl halides is 2. The summed E-state index contributed by atoms with van der Waals surface area (Å²) in [5.41, 5.74) is 0. The summed E-state index contributed by atoms with van der Waals surface area (Å²) < 4.78 is 25.7. The summed E-state index contributed by atoms with van der Waals surface area (Å²) in [4.78, 5) is 11.9. The normalized spacial score (nSPS) is 22.4. The second kappa shape index (κ2) is 5.74. The number of rotatable bonds is 8. The van der Waals surface area contributed by atoms with Gasteiger partial charge in [-0.25, -0.2) is 8.78 Å². The zero-order chi connectivity index (χ0) is 12.2. The van der Waals surface area contributed by atoms with Crippen LogP contribution >= 0.6 is 0 Å². The monoisotopic (exact) mass is 232 g/mol. The molecule has 1 aliphatic carbocycles. The molecule has 0 aromatic carbocycles. The van der Waals surface area contributed by atoms with Crippen molar-refractivity contribution in [3.8, 4) is 0 Å². The number of hydrogen-bond acceptors (Lipinski definition) is 1. The van der Waals surface area contributed by atoms with Crippen LogP contribution in [0.3, 0.4) is 0 Å². The Hall–Kier alpha value is -0.470. The van der Waals surface area contributed by atoms with E-state index in [4.69, 9.17) is 0 Å². The Morgan fingerprint density at radius 1 is 1.25 bits per heavy atom. The molecule has 3 heteroatoms. The molecule has 1 nitrogen and oxygen atoms in total. The Morgan fingerprint density at radius 3 is 2.00 bits per heavy atom. The third-order valence-electron chi connectivity index (χ3n) is 3.38. The number of carbonyl (C=O) groups is 1. The first-order chi connectivity index (χ1) is 7.53. The predicted molar refractivity (Wildman–Crippen MR) is 60.6 cm³/mol. The molecule has 0 amide bonds. The quantitative estimate of drug-likeness (QED) is 0.612. The summed E-state index contributed by atoms with van der Waals surface area (Å²) in [7, 11) is 0. The van der Waals surface area contributed by atoms with E-state index >= 15 is 0 Å². The van der Waals surface area contributed by atoms with Crippen LogP contribution in [0.5, 0.6) is 0 Å². The van der Waals surface area contributed by atoms with Gasteiger partial charge in [-0.2, -0.15) is 0 Å².